The topological polar surface area (TPSA) is 0 Å². The van der Waals surface area contributed by atoms with Gasteiger partial charge in [0.2, 0.25) is 0 Å². The molecular formula is C36H24S2. The quantitative estimate of drug-likeness (QED) is 0.222. The molecule has 1 heterocycles. The van der Waals surface area contributed by atoms with E-state index in [4.69, 9.17) is 0 Å². The Labute approximate surface area is 232 Å². The Balaban J connectivity index is 1.53. The summed E-state index contributed by atoms with van der Waals surface area (Å²) in [6.45, 7) is 0. The van der Waals surface area contributed by atoms with Crippen molar-refractivity contribution in [2.24, 2.45) is 0 Å². The molecule has 2 heteroatoms. The molecule has 0 aliphatic carbocycles. The fourth-order valence-electron chi connectivity index (χ4n) is 5.13. The highest BCUT2D eigenvalue weighted by Gasteiger charge is 2.21. The van der Waals surface area contributed by atoms with Gasteiger partial charge in [0.05, 0.1) is 0 Å². The lowest BCUT2D eigenvalue weighted by Crippen LogP contribution is -1.94. The van der Waals surface area contributed by atoms with Crippen LogP contribution in [0.15, 0.2) is 165 Å². The van der Waals surface area contributed by atoms with Crippen LogP contribution in [0.25, 0.3) is 44.5 Å². The Bertz CT molecular complexity index is 1750. The zero-order valence-electron chi connectivity index (χ0n) is 20.7. The van der Waals surface area contributed by atoms with E-state index in [0.29, 0.717) is 0 Å². The van der Waals surface area contributed by atoms with Gasteiger partial charge < -0.3 is 0 Å². The van der Waals surface area contributed by atoms with Crippen LogP contribution in [0.2, 0.25) is 0 Å². The van der Waals surface area contributed by atoms with Crippen molar-refractivity contribution in [2.45, 2.75) is 19.6 Å². The summed E-state index contributed by atoms with van der Waals surface area (Å²) in [5.74, 6) is 0. The molecule has 6 aromatic carbocycles. The van der Waals surface area contributed by atoms with Gasteiger partial charge in [-0.15, -0.1) is 0 Å². The molecule has 1 aliphatic rings. The lowest BCUT2D eigenvalue weighted by molar-refractivity contribution is 1.32. The van der Waals surface area contributed by atoms with Crippen LogP contribution in [0, 0.1) is 0 Å². The normalized spacial score (nSPS) is 12.0. The molecule has 0 saturated heterocycles. The fraction of sp³-hybridized carbons (Fsp3) is 0. The summed E-state index contributed by atoms with van der Waals surface area (Å²) < 4.78 is 0. The SMILES string of the molecule is c1ccc(-c2ccc3c(c2)Sc2c(-c4ccccc4)cccc2-c2ccccc2Sc2ccccc2-3)cc1. The lowest BCUT2D eigenvalue weighted by Gasteiger charge is -2.22. The average Bonchev–Trinajstić information content (AvgIpc) is 2.99. The predicted octanol–water partition coefficient (Wildman–Crippen LogP) is 11.0. The number of rotatable bonds is 2. The Morgan fingerprint density at radius 2 is 0.816 bits per heavy atom. The molecule has 0 radical (unpaired) electrons. The van der Waals surface area contributed by atoms with E-state index in [-0.39, 0.29) is 0 Å². The van der Waals surface area contributed by atoms with Crippen molar-refractivity contribution in [3.8, 4) is 44.5 Å². The molecule has 6 aromatic rings. The number of benzene rings is 6. The van der Waals surface area contributed by atoms with Crippen molar-refractivity contribution in [1.29, 1.82) is 0 Å². The van der Waals surface area contributed by atoms with Crippen LogP contribution < -0.4 is 0 Å². The standard InChI is InChI=1S/C36H24S2/c1-3-12-25(13-4-1)27-22-23-31-29-16-7-9-20-33(29)37-34-21-10-8-17-30(34)32-19-11-18-28(26-14-5-2-6-15-26)36(32)38-35(31)24-27/h1-24H. The van der Waals surface area contributed by atoms with Crippen molar-refractivity contribution in [1.82, 2.24) is 0 Å². The van der Waals surface area contributed by atoms with Crippen LogP contribution in [-0.4, -0.2) is 0 Å². The lowest BCUT2D eigenvalue weighted by atomic mass is 9.98. The van der Waals surface area contributed by atoms with E-state index in [1.165, 1.54) is 64.1 Å². The minimum atomic E-state index is 1.23. The highest BCUT2D eigenvalue weighted by Crippen LogP contribution is 2.51. The smallest absolute Gasteiger partial charge is 0.0279 e. The van der Waals surface area contributed by atoms with Gasteiger partial charge in [-0.2, -0.15) is 0 Å². The molecule has 38 heavy (non-hydrogen) atoms. The monoisotopic (exact) mass is 520 g/mol. The molecule has 180 valence electrons. The van der Waals surface area contributed by atoms with Crippen LogP contribution in [0.5, 0.6) is 0 Å². The van der Waals surface area contributed by atoms with Crippen molar-refractivity contribution < 1.29 is 0 Å². The second kappa shape index (κ2) is 10.1. The van der Waals surface area contributed by atoms with Gasteiger partial charge in [0.1, 0.15) is 0 Å². The first-order valence-electron chi connectivity index (χ1n) is 12.8. The highest BCUT2D eigenvalue weighted by atomic mass is 32.2. The molecular weight excluding hydrogens is 497 g/mol. The first kappa shape index (κ1) is 23.2. The molecule has 0 unspecified atom stereocenters. The third-order valence-corrected chi connectivity index (χ3v) is 9.33. The average molecular weight is 521 g/mol. The summed E-state index contributed by atoms with van der Waals surface area (Å²) >= 11 is 3.75. The summed E-state index contributed by atoms with van der Waals surface area (Å²) in [6.07, 6.45) is 0. The van der Waals surface area contributed by atoms with Crippen molar-refractivity contribution in [3.05, 3.63) is 146 Å². The summed E-state index contributed by atoms with van der Waals surface area (Å²) in [6, 6.07) is 52.8. The molecule has 0 bridgehead atoms. The molecule has 0 N–H and O–H groups in total. The molecule has 0 nitrogen and oxygen atoms in total. The van der Waals surface area contributed by atoms with Crippen LogP contribution in [-0.2, 0) is 0 Å². The summed E-state index contributed by atoms with van der Waals surface area (Å²) in [4.78, 5) is 5.11. The second-order valence-electron chi connectivity index (χ2n) is 9.32. The molecule has 0 atom stereocenters. The third kappa shape index (κ3) is 4.26. The summed E-state index contributed by atoms with van der Waals surface area (Å²) in [5.41, 5.74) is 10.1. The molecule has 0 spiro atoms. The first-order valence-corrected chi connectivity index (χ1v) is 14.4. The van der Waals surface area contributed by atoms with E-state index in [2.05, 4.69) is 146 Å². The van der Waals surface area contributed by atoms with Crippen molar-refractivity contribution in [3.63, 3.8) is 0 Å². The van der Waals surface area contributed by atoms with E-state index < -0.39 is 0 Å². The largest absolute Gasteiger partial charge is 0.0888 e. The number of hydrogen-bond donors (Lipinski definition) is 0. The molecule has 0 amide bonds. The van der Waals surface area contributed by atoms with Crippen LogP contribution in [0.4, 0.5) is 0 Å². The molecule has 0 aromatic heterocycles. The Kier molecular flexibility index (Phi) is 6.13. The summed E-state index contributed by atoms with van der Waals surface area (Å²) in [5, 5.41) is 0. The maximum atomic E-state index is 2.37. The van der Waals surface area contributed by atoms with E-state index in [0.717, 1.165) is 0 Å². The Morgan fingerprint density at radius 3 is 1.53 bits per heavy atom. The third-order valence-electron chi connectivity index (χ3n) is 6.97. The van der Waals surface area contributed by atoms with Gasteiger partial charge >= 0.3 is 0 Å². The zero-order chi connectivity index (χ0) is 25.3. The van der Waals surface area contributed by atoms with Gasteiger partial charge in [0, 0.05) is 19.6 Å². The van der Waals surface area contributed by atoms with Gasteiger partial charge in [-0.3, -0.25) is 0 Å². The minimum absolute atomic E-state index is 1.23. The maximum absolute atomic E-state index is 2.37. The van der Waals surface area contributed by atoms with Gasteiger partial charge in [0.25, 0.3) is 0 Å². The number of hydrogen-bond acceptors (Lipinski definition) is 2. The Morgan fingerprint density at radius 1 is 0.289 bits per heavy atom. The predicted molar refractivity (Wildman–Crippen MR) is 163 cm³/mol. The van der Waals surface area contributed by atoms with E-state index in [1.807, 2.05) is 23.5 Å². The minimum Gasteiger partial charge on any atom is -0.0888 e. The zero-order valence-corrected chi connectivity index (χ0v) is 22.3. The van der Waals surface area contributed by atoms with Crippen LogP contribution >= 0.6 is 23.5 Å². The van der Waals surface area contributed by atoms with Crippen molar-refractivity contribution >= 4 is 23.5 Å². The van der Waals surface area contributed by atoms with E-state index in [1.54, 1.807) is 0 Å². The molecule has 0 fully saturated rings. The van der Waals surface area contributed by atoms with Gasteiger partial charge in [0.15, 0.2) is 0 Å². The Hall–Kier alpha value is -3.98. The van der Waals surface area contributed by atoms with E-state index in [9.17, 15) is 0 Å². The molecule has 0 saturated carbocycles. The van der Waals surface area contributed by atoms with Crippen LogP contribution in [0.3, 0.4) is 0 Å². The fourth-order valence-corrected chi connectivity index (χ4v) is 7.51. The maximum Gasteiger partial charge on any atom is 0.0279 e. The van der Waals surface area contributed by atoms with Gasteiger partial charge in [-0.05, 0) is 62.7 Å². The van der Waals surface area contributed by atoms with Crippen molar-refractivity contribution in [2.75, 3.05) is 0 Å². The first-order chi connectivity index (χ1) is 18.8. The molecule has 7 rings (SSSR count). The highest BCUT2D eigenvalue weighted by molar-refractivity contribution is 8.00. The number of fused-ring (bicyclic) bond motifs is 6. The van der Waals surface area contributed by atoms with E-state index >= 15 is 0 Å². The van der Waals surface area contributed by atoms with Gasteiger partial charge in [-0.1, -0.05) is 151 Å². The molecule has 1 aliphatic heterocycles. The van der Waals surface area contributed by atoms with Gasteiger partial charge in [-0.25, -0.2) is 0 Å². The summed E-state index contributed by atoms with van der Waals surface area (Å²) in [7, 11) is 0. The second-order valence-corrected chi connectivity index (χ2v) is 11.5. The van der Waals surface area contributed by atoms with Crippen LogP contribution in [0.1, 0.15) is 0 Å².